The van der Waals surface area contributed by atoms with Crippen LogP contribution >= 0.6 is 0 Å². The van der Waals surface area contributed by atoms with Crippen LogP contribution in [0.5, 0.6) is 0 Å². The predicted octanol–water partition coefficient (Wildman–Crippen LogP) is 14.9. The normalized spacial score (nSPS) is 12.1. The minimum absolute atomic E-state index is 0.644. The molecule has 0 saturated carbocycles. The average molecular weight is 803 g/mol. The van der Waals surface area contributed by atoms with Crippen molar-refractivity contribution in [2.45, 2.75) is 6.42 Å². The van der Waals surface area contributed by atoms with Crippen molar-refractivity contribution >= 4 is 43.6 Å². The Morgan fingerprint density at radius 3 is 1.35 bits per heavy atom. The van der Waals surface area contributed by atoms with Gasteiger partial charge < -0.3 is 4.57 Å². The molecule has 0 N–H and O–H groups in total. The number of nitrogens with zero attached hydrogens (tertiary/aromatic N) is 4. The summed E-state index contributed by atoms with van der Waals surface area (Å²) in [6.07, 6.45) is 0.901. The van der Waals surface area contributed by atoms with Crippen molar-refractivity contribution < 1.29 is 0 Å². The molecule has 3 aromatic heterocycles. The van der Waals surface area contributed by atoms with Crippen LogP contribution in [0, 0.1) is 0 Å². The molecule has 0 atom stereocenters. The van der Waals surface area contributed by atoms with Gasteiger partial charge in [0.05, 0.1) is 33.5 Å². The Morgan fingerprint density at radius 1 is 0.317 bits per heavy atom. The molecule has 1 aliphatic carbocycles. The van der Waals surface area contributed by atoms with E-state index in [0.29, 0.717) is 5.95 Å². The lowest BCUT2D eigenvalue weighted by atomic mass is 9.95. The average Bonchev–Trinajstić information content (AvgIpc) is 4.03. The van der Waals surface area contributed by atoms with Gasteiger partial charge in [0.2, 0.25) is 5.95 Å². The predicted molar refractivity (Wildman–Crippen MR) is 261 cm³/mol. The van der Waals surface area contributed by atoms with Gasteiger partial charge in [-0.05, 0) is 93.4 Å². The molecule has 0 bridgehead atoms. The maximum absolute atomic E-state index is 5.31. The molecule has 9 aromatic carbocycles. The lowest BCUT2D eigenvalue weighted by Crippen LogP contribution is -2.04. The van der Waals surface area contributed by atoms with Gasteiger partial charge >= 0.3 is 0 Å². The Labute approximate surface area is 364 Å². The summed E-state index contributed by atoms with van der Waals surface area (Å²) in [6.45, 7) is 0. The number of para-hydroxylation sites is 2. The number of hydrogen-bond acceptors (Lipinski definition) is 2. The third-order valence-electron chi connectivity index (χ3n) is 13.0. The molecule has 0 radical (unpaired) electrons. The van der Waals surface area contributed by atoms with Crippen LogP contribution in [0.15, 0.2) is 218 Å². The van der Waals surface area contributed by atoms with E-state index in [1.807, 2.05) is 12.1 Å². The van der Waals surface area contributed by atoms with E-state index >= 15 is 0 Å². The van der Waals surface area contributed by atoms with Gasteiger partial charge in [-0.1, -0.05) is 176 Å². The van der Waals surface area contributed by atoms with Gasteiger partial charge in [-0.3, -0.25) is 4.57 Å². The van der Waals surface area contributed by atoms with Crippen LogP contribution in [0.3, 0.4) is 0 Å². The van der Waals surface area contributed by atoms with Gasteiger partial charge in [0.1, 0.15) is 0 Å². The molecule has 294 valence electrons. The second-order valence-corrected chi connectivity index (χ2v) is 16.5. The first-order valence-corrected chi connectivity index (χ1v) is 21.6. The van der Waals surface area contributed by atoms with Crippen molar-refractivity contribution in [2.75, 3.05) is 0 Å². The molecule has 0 aliphatic heterocycles. The second kappa shape index (κ2) is 14.1. The Balaban J connectivity index is 1.00. The van der Waals surface area contributed by atoms with Gasteiger partial charge in [0, 0.05) is 38.4 Å². The third kappa shape index (κ3) is 5.55. The monoisotopic (exact) mass is 802 g/mol. The molecule has 63 heavy (non-hydrogen) atoms. The SMILES string of the molecule is c1ccc(-c2cc(-c3ccccc3)nc(-n3c4ccccc4c4c5c6ccccc6n(-c6cccc(-c7cccc8c7Cc7c(-c9ccccc9)cccc7-8)c6)c5ccc43)n2)cc1. The number of hydrogen-bond donors (Lipinski definition) is 0. The van der Waals surface area contributed by atoms with E-state index < -0.39 is 0 Å². The second-order valence-electron chi connectivity index (χ2n) is 16.5. The number of aromatic nitrogens is 4. The lowest BCUT2D eigenvalue weighted by Gasteiger charge is -2.13. The van der Waals surface area contributed by atoms with Crippen molar-refractivity contribution in [3.05, 3.63) is 230 Å². The molecule has 1 aliphatic rings. The summed E-state index contributed by atoms with van der Waals surface area (Å²) in [5, 5.41) is 4.78. The fraction of sp³-hybridized carbons (Fsp3) is 0.0169. The first-order valence-electron chi connectivity index (χ1n) is 21.6. The van der Waals surface area contributed by atoms with Crippen molar-refractivity contribution in [1.29, 1.82) is 0 Å². The molecular formula is C59H38N4. The number of benzene rings is 9. The van der Waals surface area contributed by atoms with Crippen LogP contribution in [0.4, 0.5) is 0 Å². The minimum atomic E-state index is 0.644. The fourth-order valence-electron chi connectivity index (χ4n) is 10.3. The first-order chi connectivity index (χ1) is 31.3. The maximum atomic E-state index is 5.31. The molecule has 0 amide bonds. The zero-order valence-corrected chi connectivity index (χ0v) is 34.3. The number of rotatable bonds is 6. The molecule has 13 rings (SSSR count). The smallest absolute Gasteiger partial charge is 0.235 e. The number of fused-ring (bicyclic) bond motifs is 10. The summed E-state index contributed by atoms with van der Waals surface area (Å²) in [6, 6.07) is 78.5. The molecule has 4 nitrogen and oxygen atoms in total. The van der Waals surface area contributed by atoms with Crippen LogP contribution in [-0.4, -0.2) is 19.1 Å². The van der Waals surface area contributed by atoms with Crippen LogP contribution in [0.1, 0.15) is 11.1 Å². The van der Waals surface area contributed by atoms with Crippen LogP contribution < -0.4 is 0 Å². The zero-order valence-electron chi connectivity index (χ0n) is 34.3. The Hall–Kier alpha value is -8.34. The Bertz CT molecular complexity index is 3690. The van der Waals surface area contributed by atoms with Crippen LogP contribution in [-0.2, 0) is 6.42 Å². The standard InChI is InChI=1S/C59H38N4/c1-4-17-38(18-5-1)43-27-15-29-45-46-30-16-28-44(50(46)36-49(43)45)41-23-14-24-42(35-41)62-53-31-12-10-25-47(53)57-55(62)33-34-56-58(57)48-26-11-13-32-54(48)63(56)59-60-51(39-19-6-2-7-20-39)37-52(61-59)40-21-8-3-9-22-40/h1-35,37H,36H2. The molecule has 0 unspecified atom stereocenters. The highest BCUT2D eigenvalue weighted by Gasteiger charge is 2.26. The molecule has 3 heterocycles. The summed E-state index contributed by atoms with van der Waals surface area (Å²) >= 11 is 0. The molecule has 12 aromatic rings. The topological polar surface area (TPSA) is 35.6 Å². The largest absolute Gasteiger partial charge is 0.309 e. The Kier molecular flexibility index (Phi) is 7.94. The Morgan fingerprint density at radius 2 is 0.762 bits per heavy atom. The molecular weight excluding hydrogens is 765 g/mol. The van der Waals surface area contributed by atoms with Crippen molar-refractivity contribution in [3.63, 3.8) is 0 Å². The minimum Gasteiger partial charge on any atom is -0.309 e. The zero-order chi connectivity index (χ0) is 41.4. The van der Waals surface area contributed by atoms with E-state index in [-0.39, 0.29) is 0 Å². The summed E-state index contributed by atoms with van der Waals surface area (Å²) < 4.78 is 4.71. The van der Waals surface area contributed by atoms with Crippen molar-refractivity contribution in [1.82, 2.24) is 19.1 Å². The van der Waals surface area contributed by atoms with Crippen molar-refractivity contribution in [3.8, 4) is 67.5 Å². The maximum Gasteiger partial charge on any atom is 0.235 e. The van der Waals surface area contributed by atoms with E-state index in [4.69, 9.17) is 9.97 Å². The van der Waals surface area contributed by atoms with Gasteiger partial charge in [0.25, 0.3) is 0 Å². The van der Waals surface area contributed by atoms with E-state index in [9.17, 15) is 0 Å². The summed E-state index contributed by atoms with van der Waals surface area (Å²) in [5.74, 6) is 0.644. The summed E-state index contributed by atoms with van der Waals surface area (Å²) in [5.41, 5.74) is 20.0. The van der Waals surface area contributed by atoms with Crippen LogP contribution in [0.25, 0.3) is 111 Å². The van der Waals surface area contributed by atoms with Gasteiger partial charge in [-0.25, -0.2) is 9.97 Å². The van der Waals surface area contributed by atoms with Gasteiger partial charge in [-0.15, -0.1) is 0 Å². The molecule has 0 spiro atoms. The van der Waals surface area contributed by atoms with Crippen molar-refractivity contribution in [2.24, 2.45) is 0 Å². The van der Waals surface area contributed by atoms with Gasteiger partial charge in [-0.2, -0.15) is 0 Å². The molecule has 0 saturated heterocycles. The summed E-state index contributed by atoms with van der Waals surface area (Å²) in [4.78, 5) is 10.6. The van der Waals surface area contributed by atoms with E-state index in [2.05, 4.69) is 215 Å². The summed E-state index contributed by atoms with van der Waals surface area (Å²) in [7, 11) is 0. The highest BCUT2D eigenvalue weighted by molar-refractivity contribution is 6.28. The lowest BCUT2D eigenvalue weighted by molar-refractivity contribution is 0.996. The highest BCUT2D eigenvalue weighted by Crippen LogP contribution is 2.46. The van der Waals surface area contributed by atoms with E-state index in [0.717, 1.165) is 51.2 Å². The molecule has 0 fully saturated rings. The first kappa shape index (κ1) is 35.4. The molecule has 4 heteroatoms. The van der Waals surface area contributed by atoms with Crippen LogP contribution in [0.2, 0.25) is 0 Å². The highest BCUT2D eigenvalue weighted by atomic mass is 15.2. The quantitative estimate of drug-likeness (QED) is 0.168. The third-order valence-corrected chi connectivity index (χ3v) is 13.0. The van der Waals surface area contributed by atoms with Gasteiger partial charge in [0.15, 0.2) is 0 Å². The van der Waals surface area contributed by atoms with E-state index in [1.165, 1.54) is 71.6 Å². The van der Waals surface area contributed by atoms with E-state index in [1.54, 1.807) is 0 Å². The fourth-order valence-corrected chi connectivity index (χ4v) is 10.3.